The van der Waals surface area contributed by atoms with E-state index in [1.54, 1.807) is 9.47 Å². The molecular formula is C16H21N5O5. The summed E-state index contributed by atoms with van der Waals surface area (Å²) in [5.41, 5.74) is -0.382. The van der Waals surface area contributed by atoms with Gasteiger partial charge in [0.15, 0.2) is 11.2 Å². The van der Waals surface area contributed by atoms with Crippen molar-refractivity contribution in [2.45, 2.75) is 25.8 Å². The predicted octanol–water partition coefficient (Wildman–Crippen LogP) is -0.853. The number of piperidine rings is 1. The minimum absolute atomic E-state index is 0.129. The molecule has 3 heterocycles. The molecule has 1 aliphatic heterocycles. The van der Waals surface area contributed by atoms with Gasteiger partial charge in [0.2, 0.25) is 5.91 Å². The Morgan fingerprint density at radius 2 is 2.00 bits per heavy atom. The van der Waals surface area contributed by atoms with Crippen LogP contribution in [-0.4, -0.2) is 53.7 Å². The van der Waals surface area contributed by atoms with Gasteiger partial charge in [0.25, 0.3) is 5.56 Å². The average molecular weight is 363 g/mol. The molecule has 0 saturated carbocycles. The van der Waals surface area contributed by atoms with Crippen LogP contribution in [-0.2, 0) is 30.2 Å². The highest BCUT2D eigenvalue weighted by Crippen LogP contribution is 2.17. The van der Waals surface area contributed by atoms with Crippen molar-refractivity contribution in [2.24, 2.45) is 20.0 Å². The van der Waals surface area contributed by atoms with Gasteiger partial charge in [-0.2, -0.15) is 0 Å². The maximum atomic E-state index is 12.4. The summed E-state index contributed by atoms with van der Waals surface area (Å²) in [5.74, 6) is -1.56. The number of fused-ring (bicyclic) bond motifs is 1. The van der Waals surface area contributed by atoms with E-state index >= 15 is 0 Å². The predicted molar refractivity (Wildman–Crippen MR) is 91.8 cm³/mol. The summed E-state index contributed by atoms with van der Waals surface area (Å²) in [6.45, 7) is 0.996. The minimum atomic E-state index is -0.882. The molecule has 0 bridgehead atoms. The van der Waals surface area contributed by atoms with Crippen molar-refractivity contribution >= 4 is 23.0 Å². The van der Waals surface area contributed by atoms with Crippen LogP contribution >= 0.6 is 0 Å². The Labute approximate surface area is 148 Å². The largest absolute Gasteiger partial charge is 0.481 e. The summed E-state index contributed by atoms with van der Waals surface area (Å²) in [4.78, 5) is 53.6. The summed E-state index contributed by atoms with van der Waals surface area (Å²) in [6.07, 6.45) is 2.81. The molecular weight excluding hydrogens is 342 g/mol. The molecule has 0 radical (unpaired) electrons. The van der Waals surface area contributed by atoms with Crippen molar-refractivity contribution in [3.63, 3.8) is 0 Å². The van der Waals surface area contributed by atoms with E-state index in [1.165, 1.54) is 25.0 Å². The number of likely N-dealkylation sites (tertiary alicyclic amines) is 1. The molecule has 1 aliphatic rings. The molecule has 1 N–H and O–H groups in total. The fourth-order valence-electron chi connectivity index (χ4n) is 3.35. The highest BCUT2D eigenvalue weighted by molar-refractivity contribution is 5.78. The Hall–Kier alpha value is -2.91. The molecule has 3 rings (SSSR count). The third kappa shape index (κ3) is 3.02. The van der Waals surface area contributed by atoms with Crippen LogP contribution in [0.3, 0.4) is 0 Å². The van der Waals surface area contributed by atoms with Crippen LogP contribution in [0.2, 0.25) is 0 Å². The lowest BCUT2D eigenvalue weighted by atomic mass is 9.98. The SMILES string of the molecule is Cn1c(=O)c2c(ncn2CCC(=O)N2CCC[C@@H](C(=O)O)C2)n(C)c1=O. The lowest BCUT2D eigenvalue weighted by Crippen LogP contribution is -2.42. The number of hydrogen-bond acceptors (Lipinski definition) is 5. The first-order valence-corrected chi connectivity index (χ1v) is 8.42. The third-order valence-electron chi connectivity index (χ3n) is 4.91. The van der Waals surface area contributed by atoms with E-state index in [9.17, 15) is 19.2 Å². The minimum Gasteiger partial charge on any atom is -0.481 e. The van der Waals surface area contributed by atoms with Crippen molar-refractivity contribution < 1.29 is 14.7 Å². The number of amides is 1. The zero-order valence-electron chi connectivity index (χ0n) is 14.7. The van der Waals surface area contributed by atoms with Gasteiger partial charge in [0.05, 0.1) is 12.2 Å². The van der Waals surface area contributed by atoms with Gasteiger partial charge in [-0.05, 0) is 12.8 Å². The van der Waals surface area contributed by atoms with E-state index in [0.717, 1.165) is 4.57 Å². The maximum Gasteiger partial charge on any atom is 0.332 e. The summed E-state index contributed by atoms with van der Waals surface area (Å²) in [6, 6.07) is 0. The Bertz CT molecular complexity index is 985. The molecule has 2 aromatic rings. The summed E-state index contributed by atoms with van der Waals surface area (Å²) in [5, 5.41) is 9.13. The molecule has 26 heavy (non-hydrogen) atoms. The van der Waals surface area contributed by atoms with Crippen LogP contribution < -0.4 is 11.2 Å². The van der Waals surface area contributed by atoms with E-state index in [-0.39, 0.29) is 36.6 Å². The molecule has 10 nitrogen and oxygen atoms in total. The van der Waals surface area contributed by atoms with Crippen molar-refractivity contribution in [2.75, 3.05) is 13.1 Å². The van der Waals surface area contributed by atoms with Crippen molar-refractivity contribution in [1.82, 2.24) is 23.6 Å². The second-order valence-corrected chi connectivity index (χ2v) is 6.58. The van der Waals surface area contributed by atoms with Gasteiger partial charge in [-0.3, -0.25) is 23.5 Å². The number of aliphatic carboxylic acids is 1. The zero-order valence-corrected chi connectivity index (χ0v) is 14.7. The molecule has 10 heteroatoms. The van der Waals surface area contributed by atoms with E-state index < -0.39 is 23.1 Å². The van der Waals surface area contributed by atoms with Crippen LogP contribution in [0, 0.1) is 5.92 Å². The fourth-order valence-corrected chi connectivity index (χ4v) is 3.35. The van der Waals surface area contributed by atoms with Gasteiger partial charge in [-0.1, -0.05) is 0 Å². The Morgan fingerprint density at radius 1 is 1.27 bits per heavy atom. The van der Waals surface area contributed by atoms with Gasteiger partial charge in [-0.25, -0.2) is 9.78 Å². The lowest BCUT2D eigenvalue weighted by molar-refractivity contribution is -0.145. The fraction of sp³-hybridized carbons (Fsp3) is 0.562. The van der Waals surface area contributed by atoms with Crippen LogP contribution in [0.15, 0.2) is 15.9 Å². The number of carboxylic acid groups (broad SMARTS) is 1. The van der Waals surface area contributed by atoms with Gasteiger partial charge in [0, 0.05) is 40.2 Å². The molecule has 1 amide bonds. The van der Waals surface area contributed by atoms with Gasteiger partial charge in [-0.15, -0.1) is 0 Å². The zero-order chi connectivity index (χ0) is 19.0. The van der Waals surface area contributed by atoms with Gasteiger partial charge >= 0.3 is 11.7 Å². The summed E-state index contributed by atoms with van der Waals surface area (Å²) >= 11 is 0. The van der Waals surface area contributed by atoms with Gasteiger partial charge in [0.1, 0.15) is 0 Å². The second-order valence-electron chi connectivity index (χ2n) is 6.58. The molecule has 0 aliphatic carbocycles. The highest BCUT2D eigenvalue weighted by atomic mass is 16.4. The highest BCUT2D eigenvalue weighted by Gasteiger charge is 2.28. The first kappa shape index (κ1) is 17.9. The maximum absolute atomic E-state index is 12.4. The summed E-state index contributed by atoms with van der Waals surface area (Å²) < 4.78 is 3.86. The number of carbonyl (C=O) groups excluding carboxylic acids is 1. The molecule has 1 atom stereocenters. The molecule has 0 unspecified atom stereocenters. The Morgan fingerprint density at radius 3 is 2.69 bits per heavy atom. The number of carbonyl (C=O) groups is 2. The summed E-state index contributed by atoms with van der Waals surface area (Å²) in [7, 11) is 2.93. The molecule has 140 valence electrons. The quantitative estimate of drug-likeness (QED) is 0.755. The van der Waals surface area contributed by atoms with E-state index in [4.69, 9.17) is 5.11 Å². The normalized spacial score (nSPS) is 17.6. The number of aryl methyl sites for hydroxylation is 2. The number of hydrogen-bond donors (Lipinski definition) is 1. The van der Waals surface area contributed by atoms with Crippen LogP contribution in [0.1, 0.15) is 19.3 Å². The molecule has 1 fully saturated rings. The van der Waals surface area contributed by atoms with Crippen LogP contribution in [0.4, 0.5) is 0 Å². The Balaban J connectivity index is 1.78. The average Bonchev–Trinajstić information content (AvgIpc) is 3.06. The van der Waals surface area contributed by atoms with Crippen LogP contribution in [0.25, 0.3) is 11.2 Å². The van der Waals surface area contributed by atoms with Crippen molar-refractivity contribution in [1.29, 1.82) is 0 Å². The standard InChI is InChI=1S/C16H21N5O5/c1-18-13-12(14(23)19(2)16(18)26)21(9-17-13)7-5-11(22)20-6-3-4-10(8-20)15(24)25/h9-10H,3-8H2,1-2H3,(H,24,25)/t10-/m1/s1. The number of rotatable bonds is 4. The van der Waals surface area contributed by atoms with E-state index in [2.05, 4.69) is 4.98 Å². The molecule has 0 aromatic carbocycles. The topological polar surface area (TPSA) is 119 Å². The van der Waals surface area contributed by atoms with Crippen molar-refractivity contribution in [3.05, 3.63) is 27.2 Å². The number of carboxylic acids is 1. The third-order valence-corrected chi connectivity index (χ3v) is 4.91. The molecule has 2 aromatic heterocycles. The van der Waals surface area contributed by atoms with E-state index in [0.29, 0.717) is 19.4 Å². The number of nitrogens with zero attached hydrogens (tertiary/aromatic N) is 5. The van der Waals surface area contributed by atoms with Gasteiger partial charge < -0.3 is 14.6 Å². The monoisotopic (exact) mass is 363 g/mol. The smallest absolute Gasteiger partial charge is 0.332 e. The van der Waals surface area contributed by atoms with Crippen LogP contribution in [0.5, 0.6) is 0 Å². The number of imidazole rings is 1. The second kappa shape index (κ2) is 6.77. The first-order chi connectivity index (χ1) is 12.3. The number of aromatic nitrogens is 4. The lowest BCUT2D eigenvalue weighted by Gasteiger charge is -2.30. The van der Waals surface area contributed by atoms with E-state index in [1.807, 2.05) is 0 Å². The molecule has 1 saturated heterocycles. The molecule has 0 spiro atoms. The first-order valence-electron chi connectivity index (χ1n) is 8.42. The Kier molecular flexibility index (Phi) is 4.66. The van der Waals surface area contributed by atoms with Crippen molar-refractivity contribution in [3.8, 4) is 0 Å².